The molecule has 1 heterocycles. The number of hydrogen-bond acceptors (Lipinski definition) is 10. The Morgan fingerprint density at radius 1 is 0.695 bits per heavy atom. The quantitative estimate of drug-likeness (QED) is 0.0258. The number of ether oxygens (including phenoxy) is 1. The highest BCUT2D eigenvalue weighted by atomic mass is 16.5. The number of carbonyl (C=O) groups is 8. The van der Waals surface area contributed by atoms with Gasteiger partial charge in [0.15, 0.2) is 0 Å². The first-order valence-electron chi connectivity index (χ1n) is 28.0. The van der Waals surface area contributed by atoms with E-state index in [1.54, 1.807) is 88.3 Å². The summed E-state index contributed by atoms with van der Waals surface area (Å²) >= 11 is 0. The maximum Gasteiger partial charge on any atom is 0.411 e. The number of aliphatic carboxylic acids is 1. The molecule has 18 nitrogen and oxygen atoms in total. The van der Waals surface area contributed by atoms with Gasteiger partial charge in [-0.3, -0.25) is 34.1 Å². The number of fused-ring (bicyclic) bond motifs is 2. The first-order valence-corrected chi connectivity index (χ1v) is 28.0. The number of anilines is 3. The van der Waals surface area contributed by atoms with Crippen molar-refractivity contribution in [1.29, 1.82) is 0 Å². The fourth-order valence-electron chi connectivity index (χ4n) is 9.74. The second-order valence-corrected chi connectivity index (χ2v) is 23.4. The van der Waals surface area contributed by atoms with E-state index < -0.39 is 70.8 Å². The van der Waals surface area contributed by atoms with Crippen molar-refractivity contribution < 1.29 is 48.2 Å². The van der Waals surface area contributed by atoms with E-state index in [-0.39, 0.29) is 54.6 Å². The maximum absolute atomic E-state index is 14.2. The Bertz CT molecular complexity index is 3000. The summed E-state index contributed by atoms with van der Waals surface area (Å²) in [5, 5.41) is 26.7. The van der Waals surface area contributed by atoms with E-state index in [1.807, 2.05) is 109 Å². The number of para-hydroxylation sites is 1. The van der Waals surface area contributed by atoms with Crippen molar-refractivity contribution in [2.75, 3.05) is 29.6 Å². The number of rotatable bonds is 24. The van der Waals surface area contributed by atoms with Crippen LogP contribution in [0.2, 0.25) is 0 Å². The average Bonchev–Trinajstić information content (AvgIpc) is 3.49. The van der Waals surface area contributed by atoms with Gasteiger partial charge in [-0.1, -0.05) is 147 Å². The second-order valence-electron chi connectivity index (χ2n) is 23.4. The summed E-state index contributed by atoms with van der Waals surface area (Å²) in [5.41, 5.74) is 4.56. The molecule has 0 saturated carbocycles. The number of unbranched alkanes of at least 4 members (excludes halogenated alkanes) is 1. The number of carboxylic acid groups (broad SMARTS) is 1. The topological polar surface area (TPSA) is 245 Å². The molecule has 82 heavy (non-hydrogen) atoms. The van der Waals surface area contributed by atoms with Crippen LogP contribution in [0.15, 0.2) is 109 Å². The monoisotopic (exact) mass is 1120 g/mol. The molecule has 1 aliphatic heterocycles. The summed E-state index contributed by atoms with van der Waals surface area (Å²) in [5.74, 6) is -3.65. The van der Waals surface area contributed by atoms with Gasteiger partial charge in [-0.15, -0.1) is 0 Å². The number of likely N-dealkylation sites (N-methyl/N-ethyl adjacent to an activating group) is 2. The van der Waals surface area contributed by atoms with Crippen LogP contribution in [0.25, 0.3) is 12.2 Å². The van der Waals surface area contributed by atoms with E-state index in [4.69, 9.17) is 4.74 Å². The van der Waals surface area contributed by atoms with Crippen molar-refractivity contribution in [1.82, 2.24) is 26.2 Å². The maximum atomic E-state index is 14.2. The van der Waals surface area contributed by atoms with Crippen molar-refractivity contribution in [3.63, 3.8) is 0 Å². The van der Waals surface area contributed by atoms with Gasteiger partial charge in [-0.25, -0.2) is 9.59 Å². The summed E-state index contributed by atoms with van der Waals surface area (Å²) in [7, 11) is 3.26. The molecule has 4 aromatic carbocycles. The van der Waals surface area contributed by atoms with Gasteiger partial charge < -0.3 is 46.2 Å². The smallest absolute Gasteiger partial charge is 0.411 e. The Balaban J connectivity index is 1.08. The van der Waals surface area contributed by atoms with Gasteiger partial charge >= 0.3 is 12.1 Å². The zero-order valence-electron chi connectivity index (χ0n) is 49.8. The summed E-state index contributed by atoms with van der Waals surface area (Å²) in [6.07, 6.45) is 6.18. The van der Waals surface area contributed by atoms with Crippen molar-refractivity contribution >= 4 is 76.7 Å². The van der Waals surface area contributed by atoms with E-state index in [9.17, 15) is 43.5 Å². The summed E-state index contributed by atoms with van der Waals surface area (Å²) in [4.78, 5) is 110. The van der Waals surface area contributed by atoms with Crippen LogP contribution in [0.4, 0.5) is 21.9 Å². The van der Waals surface area contributed by atoms with Crippen LogP contribution in [-0.4, -0.2) is 102 Å². The molecule has 0 aromatic heterocycles. The molecule has 0 unspecified atom stereocenters. The molecule has 0 saturated heterocycles. The molecule has 0 radical (unpaired) electrons. The lowest BCUT2D eigenvalue weighted by molar-refractivity contribution is -0.141. The minimum absolute atomic E-state index is 0.0433. The van der Waals surface area contributed by atoms with Gasteiger partial charge in [-0.05, 0) is 109 Å². The summed E-state index contributed by atoms with van der Waals surface area (Å²) < 4.78 is 5.53. The zero-order chi connectivity index (χ0) is 60.6. The van der Waals surface area contributed by atoms with E-state index in [0.29, 0.717) is 41.9 Å². The largest absolute Gasteiger partial charge is 0.478 e. The third-order valence-corrected chi connectivity index (χ3v) is 14.8. The molecule has 18 heteroatoms. The lowest BCUT2D eigenvalue weighted by Crippen LogP contribution is -2.61. The Morgan fingerprint density at radius 3 is 1.96 bits per heavy atom. The van der Waals surface area contributed by atoms with Crippen LogP contribution in [0, 0.1) is 17.3 Å². The molecular formula is C64H84N8O10. The van der Waals surface area contributed by atoms with E-state index in [0.717, 1.165) is 22.4 Å². The Morgan fingerprint density at radius 2 is 1.33 bits per heavy atom. The highest BCUT2D eigenvalue weighted by Gasteiger charge is 2.42. The molecule has 7 N–H and O–H groups in total. The minimum Gasteiger partial charge on any atom is -0.478 e. The molecule has 4 aromatic rings. The summed E-state index contributed by atoms with van der Waals surface area (Å²) in [6.45, 7) is 20.0. The predicted octanol–water partition coefficient (Wildman–Crippen LogP) is 9.21. The fourth-order valence-corrected chi connectivity index (χ4v) is 9.74. The van der Waals surface area contributed by atoms with E-state index >= 15 is 0 Å². The third-order valence-electron chi connectivity index (χ3n) is 14.8. The van der Waals surface area contributed by atoms with Crippen molar-refractivity contribution in [3.05, 3.63) is 137 Å². The SMILES string of the molecule is CN[C@@H](C(=O)N[C@H](C(=O)N(C)[C@H](/C=C(\C)C(=O)O)C(C)C)C(C)(C)C)C(C)(C)c1cccc(NC(=O)OCc2ccc(NC(=O)[C@H](C)NC(=O)[C@@H](NC(=O)CCCCC(=O)N3Cc4ccccc4/C=C\c4ccccc43)C(C)C)cc2)c1. The second kappa shape index (κ2) is 29.0. The van der Waals surface area contributed by atoms with Crippen molar-refractivity contribution in [2.45, 2.75) is 151 Å². The van der Waals surface area contributed by atoms with Gasteiger partial charge in [0, 0.05) is 42.3 Å². The molecule has 0 bridgehead atoms. The lowest BCUT2D eigenvalue weighted by Gasteiger charge is -2.40. The third kappa shape index (κ3) is 17.7. The number of nitrogens with zero attached hydrogens (tertiary/aromatic N) is 2. The highest BCUT2D eigenvalue weighted by molar-refractivity contribution is 5.99. The van der Waals surface area contributed by atoms with Gasteiger partial charge in [0.1, 0.15) is 24.7 Å². The molecule has 7 amide bonds. The Labute approximate surface area is 483 Å². The normalized spacial score (nSPS) is 14.7. The molecule has 0 spiro atoms. The van der Waals surface area contributed by atoms with Gasteiger partial charge in [0.25, 0.3) is 0 Å². The Hall–Kier alpha value is -8.12. The summed E-state index contributed by atoms with van der Waals surface area (Å²) in [6, 6.07) is 25.2. The molecule has 0 fully saturated rings. The lowest BCUT2D eigenvalue weighted by atomic mass is 9.76. The zero-order valence-corrected chi connectivity index (χ0v) is 49.8. The number of benzene rings is 4. The van der Waals surface area contributed by atoms with Gasteiger partial charge in [-0.2, -0.15) is 0 Å². The average molecular weight is 1130 g/mol. The standard InChI is InChI=1S/C64H84N8O10/c1-39(2)51(35-41(5)61(79)80)71(13)60(78)56(63(7,8)9)70-59(77)55(65-12)64(10,11)47-24-20-25-49(36-47)68-62(81)82-38-43-29-33-48(34-30-43)67-57(75)42(6)66-58(76)54(40(3)4)69-52(73)27-18-19-28-53(74)72-37-46-23-15-14-21-44(46)31-32-45-22-16-17-26-50(45)72/h14-17,20-26,29-36,39-40,42,51,54-56,65H,18-19,27-28,37-38H2,1-13H3,(H,66,76)(H,67,75)(H,68,81)(H,69,73)(H,70,77)(H,79,80)/b32-31-,41-35+/t42-,51+,54-,55-,56+/m0/s1. The molecule has 5 atom stereocenters. The Kier molecular flexibility index (Phi) is 22.9. The molecular weight excluding hydrogens is 1040 g/mol. The molecule has 5 rings (SSSR count). The van der Waals surface area contributed by atoms with Gasteiger partial charge in [0.05, 0.1) is 24.3 Å². The number of amides is 7. The first-order chi connectivity index (χ1) is 38.6. The van der Waals surface area contributed by atoms with Crippen LogP contribution in [0.1, 0.15) is 130 Å². The number of carbonyl (C=O) groups excluding carboxylic acids is 7. The van der Waals surface area contributed by atoms with Crippen LogP contribution >= 0.6 is 0 Å². The minimum atomic E-state index is -1.08. The van der Waals surface area contributed by atoms with Crippen LogP contribution in [0.3, 0.4) is 0 Å². The van der Waals surface area contributed by atoms with Crippen molar-refractivity contribution in [3.8, 4) is 0 Å². The molecule has 440 valence electrons. The van der Waals surface area contributed by atoms with Gasteiger partial charge in [0.2, 0.25) is 35.4 Å². The van der Waals surface area contributed by atoms with E-state index in [2.05, 4.69) is 38.0 Å². The van der Waals surface area contributed by atoms with Crippen LogP contribution in [0.5, 0.6) is 0 Å². The number of nitrogens with one attached hydrogen (secondary N) is 6. The fraction of sp³-hybridized carbons (Fsp3) is 0.438. The van der Waals surface area contributed by atoms with Crippen LogP contribution in [-0.2, 0) is 56.9 Å². The van der Waals surface area contributed by atoms with E-state index in [1.165, 1.54) is 11.8 Å². The molecule has 0 aliphatic carbocycles. The predicted molar refractivity (Wildman–Crippen MR) is 321 cm³/mol. The van der Waals surface area contributed by atoms with Crippen molar-refractivity contribution in [2.24, 2.45) is 17.3 Å². The number of hydrogen-bond donors (Lipinski definition) is 7. The van der Waals surface area contributed by atoms with Crippen LogP contribution < -0.4 is 36.8 Å². The number of carboxylic acids is 1. The highest BCUT2D eigenvalue weighted by Crippen LogP contribution is 2.32. The molecule has 1 aliphatic rings. The first kappa shape index (κ1) is 64.7.